The Balaban J connectivity index is 1.99. The van der Waals surface area contributed by atoms with E-state index in [-0.39, 0.29) is 11.4 Å². The van der Waals surface area contributed by atoms with Gasteiger partial charge in [0.25, 0.3) is 0 Å². The number of rotatable bonds is 7. The number of hydrogen-bond acceptors (Lipinski definition) is 4. The highest BCUT2D eigenvalue weighted by atomic mass is 19.4. The summed E-state index contributed by atoms with van der Waals surface area (Å²) in [6, 6.07) is 9.65. The summed E-state index contributed by atoms with van der Waals surface area (Å²) in [4.78, 5) is 6.70. The lowest BCUT2D eigenvalue weighted by Crippen LogP contribution is -2.40. The van der Waals surface area contributed by atoms with Gasteiger partial charge in [-0.15, -0.1) is 0 Å². The fourth-order valence-electron chi connectivity index (χ4n) is 1.82. The molecule has 0 unspecified atom stereocenters. The predicted molar refractivity (Wildman–Crippen MR) is 83.3 cm³/mol. The van der Waals surface area contributed by atoms with E-state index in [9.17, 15) is 43.9 Å². The van der Waals surface area contributed by atoms with E-state index in [1.807, 2.05) is 0 Å². The first-order valence-corrected chi connectivity index (χ1v) is 7.60. The van der Waals surface area contributed by atoms with Crippen molar-refractivity contribution in [2.24, 2.45) is 0 Å². The Morgan fingerprint density at radius 1 is 0.467 bits per heavy atom. The number of hydrogen-bond donors (Lipinski definition) is 2. The third kappa shape index (κ3) is 5.66. The van der Waals surface area contributed by atoms with Crippen molar-refractivity contribution in [3.63, 3.8) is 0 Å². The Hall–Kier alpha value is -2.74. The van der Waals surface area contributed by atoms with Gasteiger partial charge in [-0.2, -0.15) is 53.6 Å². The van der Waals surface area contributed by atoms with Gasteiger partial charge in [0.1, 0.15) is 0 Å². The Bertz CT molecular complexity index is 762. The van der Waals surface area contributed by atoms with Crippen LogP contribution in [0.4, 0.5) is 55.3 Å². The van der Waals surface area contributed by atoms with Crippen LogP contribution in [-0.2, 0) is 9.68 Å². The standard InChI is InChI=1S/C16H10F10N2O2/c17-13(18,19)15(23,24)29-27-11-5-1-9(2-6-11)10-3-7-12(8-4-10)28-30-16(25,26)14(20,21)22/h1-8,27-28H. The number of nitrogens with one attached hydrogen (secondary N) is 2. The summed E-state index contributed by atoms with van der Waals surface area (Å²) in [6.45, 7) is 0. The minimum Gasteiger partial charge on any atom is -0.261 e. The average Bonchev–Trinajstić information content (AvgIpc) is 2.64. The third-order valence-corrected chi connectivity index (χ3v) is 3.36. The largest absolute Gasteiger partial charge is 0.485 e. The molecule has 0 heterocycles. The van der Waals surface area contributed by atoms with Crippen LogP contribution in [0.3, 0.4) is 0 Å². The van der Waals surface area contributed by atoms with Crippen molar-refractivity contribution >= 4 is 11.4 Å². The van der Waals surface area contributed by atoms with E-state index in [2.05, 4.69) is 9.68 Å². The van der Waals surface area contributed by atoms with E-state index in [0.29, 0.717) is 11.1 Å². The second kappa shape index (κ2) is 8.18. The maximum atomic E-state index is 12.7. The van der Waals surface area contributed by atoms with Crippen LogP contribution >= 0.6 is 0 Å². The van der Waals surface area contributed by atoms with Gasteiger partial charge in [0.2, 0.25) is 0 Å². The van der Waals surface area contributed by atoms with Crippen LogP contribution in [0, 0.1) is 0 Å². The van der Waals surface area contributed by atoms with Gasteiger partial charge < -0.3 is 0 Å². The highest BCUT2D eigenvalue weighted by molar-refractivity contribution is 5.67. The van der Waals surface area contributed by atoms with Gasteiger partial charge in [0, 0.05) is 0 Å². The van der Waals surface area contributed by atoms with E-state index in [1.54, 1.807) is 0 Å². The molecule has 2 rings (SSSR count). The molecule has 0 aliphatic carbocycles. The van der Waals surface area contributed by atoms with Crippen molar-refractivity contribution in [1.82, 2.24) is 0 Å². The van der Waals surface area contributed by atoms with E-state index in [4.69, 9.17) is 0 Å². The van der Waals surface area contributed by atoms with Crippen LogP contribution in [0.5, 0.6) is 0 Å². The molecule has 0 aliphatic heterocycles. The third-order valence-electron chi connectivity index (χ3n) is 3.36. The molecule has 0 saturated carbocycles. The van der Waals surface area contributed by atoms with Crippen molar-refractivity contribution in [1.29, 1.82) is 0 Å². The van der Waals surface area contributed by atoms with Gasteiger partial charge in [-0.1, -0.05) is 24.3 Å². The Morgan fingerprint density at radius 2 is 0.733 bits per heavy atom. The Kier molecular flexibility index (Phi) is 6.42. The zero-order valence-electron chi connectivity index (χ0n) is 14.2. The number of alkyl halides is 10. The van der Waals surface area contributed by atoms with Crippen LogP contribution in [-0.4, -0.2) is 24.6 Å². The summed E-state index contributed by atoms with van der Waals surface area (Å²) in [5.41, 5.74) is 3.29. The van der Waals surface area contributed by atoms with Crippen molar-refractivity contribution in [3.05, 3.63) is 48.5 Å². The minimum atomic E-state index is -5.91. The molecule has 0 bridgehead atoms. The molecule has 0 saturated heterocycles. The quantitative estimate of drug-likeness (QED) is 0.380. The van der Waals surface area contributed by atoms with E-state index >= 15 is 0 Å². The van der Waals surface area contributed by atoms with Crippen LogP contribution in [0.25, 0.3) is 11.1 Å². The van der Waals surface area contributed by atoms with Crippen molar-refractivity contribution in [2.75, 3.05) is 11.0 Å². The minimum absolute atomic E-state index is 0.233. The zero-order chi connectivity index (χ0) is 22.8. The van der Waals surface area contributed by atoms with E-state index in [1.165, 1.54) is 35.2 Å². The lowest BCUT2D eigenvalue weighted by molar-refractivity contribution is -0.383. The van der Waals surface area contributed by atoms with Gasteiger partial charge in [-0.3, -0.25) is 11.0 Å². The van der Waals surface area contributed by atoms with Crippen LogP contribution in [0.15, 0.2) is 48.5 Å². The molecule has 2 aromatic carbocycles. The first-order valence-electron chi connectivity index (χ1n) is 7.60. The normalized spacial score (nSPS) is 13.3. The SMILES string of the molecule is FC(F)(F)C(F)(F)ONc1ccc(-c2ccc(NOC(F)(F)C(F)(F)F)cc2)cc1. The number of anilines is 2. The summed E-state index contributed by atoms with van der Waals surface area (Å²) < 4.78 is 123. The molecule has 0 spiro atoms. The molecule has 0 amide bonds. The maximum Gasteiger partial charge on any atom is 0.485 e. The van der Waals surface area contributed by atoms with Gasteiger partial charge in [-0.25, -0.2) is 0 Å². The first-order chi connectivity index (χ1) is 13.6. The van der Waals surface area contributed by atoms with Gasteiger partial charge in [-0.05, 0) is 35.4 Å². The maximum absolute atomic E-state index is 12.7. The fourth-order valence-corrected chi connectivity index (χ4v) is 1.82. The van der Waals surface area contributed by atoms with Crippen molar-refractivity contribution in [3.8, 4) is 11.1 Å². The number of benzene rings is 2. The predicted octanol–water partition coefficient (Wildman–Crippen LogP) is 6.35. The second-order valence-electron chi connectivity index (χ2n) is 5.59. The molecule has 4 nitrogen and oxygen atoms in total. The average molecular weight is 452 g/mol. The van der Waals surface area contributed by atoms with Gasteiger partial charge in [0.15, 0.2) is 0 Å². The Morgan fingerprint density at radius 3 is 0.967 bits per heavy atom. The Labute approximate surface area is 161 Å². The molecule has 14 heteroatoms. The lowest BCUT2D eigenvalue weighted by Gasteiger charge is -2.19. The summed E-state index contributed by atoms with van der Waals surface area (Å²) in [6.07, 6.45) is -22.7. The molecule has 0 aromatic heterocycles. The second-order valence-corrected chi connectivity index (χ2v) is 5.59. The molecule has 0 atom stereocenters. The molecule has 2 N–H and O–H groups in total. The monoisotopic (exact) mass is 452 g/mol. The molecule has 166 valence electrons. The number of halogens is 10. The zero-order valence-corrected chi connectivity index (χ0v) is 14.2. The summed E-state index contributed by atoms with van der Waals surface area (Å²) in [7, 11) is 0. The molecule has 0 radical (unpaired) electrons. The van der Waals surface area contributed by atoms with Gasteiger partial charge in [0.05, 0.1) is 11.4 Å². The molecular formula is C16H10F10N2O2. The fraction of sp³-hybridized carbons (Fsp3) is 0.250. The van der Waals surface area contributed by atoms with Gasteiger partial charge >= 0.3 is 24.6 Å². The van der Waals surface area contributed by atoms with E-state index in [0.717, 1.165) is 24.3 Å². The lowest BCUT2D eigenvalue weighted by atomic mass is 10.1. The molecule has 30 heavy (non-hydrogen) atoms. The van der Waals surface area contributed by atoms with Crippen molar-refractivity contribution in [2.45, 2.75) is 24.6 Å². The molecular weight excluding hydrogens is 442 g/mol. The molecule has 0 aliphatic rings. The topological polar surface area (TPSA) is 42.5 Å². The van der Waals surface area contributed by atoms with E-state index < -0.39 is 24.6 Å². The highest BCUT2D eigenvalue weighted by Crippen LogP contribution is 2.37. The van der Waals surface area contributed by atoms with Crippen molar-refractivity contribution < 1.29 is 53.6 Å². The van der Waals surface area contributed by atoms with Crippen LogP contribution in [0.1, 0.15) is 0 Å². The van der Waals surface area contributed by atoms with Crippen LogP contribution < -0.4 is 11.0 Å². The molecule has 0 fully saturated rings. The summed E-state index contributed by atoms with van der Waals surface area (Å²) in [5, 5.41) is 0. The smallest absolute Gasteiger partial charge is 0.261 e. The molecule has 2 aromatic rings. The van der Waals surface area contributed by atoms with Crippen LogP contribution in [0.2, 0.25) is 0 Å². The summed E-state index contributed by atoms with van der Waals surface area (Å²) in [5.74, 6) is 0. The first kappa shape index (κ1) is 23.5. The summed E-state index contributed by atoms with van der Waals surface area (Å²) >= 11 is 0. The highest BCUT2D eigenvalue weighted by Gasteiger charge is 2.61.